The number of piperidine rings is 1. The molecule has 3 nitrogen and oxygen atoms in total. The Morgan fingerprint density at radius 3 is 2.40 bits per heavy atom. The summed E-state index contributed by atoms with van der Waals surface area (Å²) in [5.74, 6) is 0.650. The van der Waals surface area contributed by atoms with E-state index in [-0.39, 0.29) is 12.1 Å². The van der Waals surface area contributed by atoms with E-state index >= 15 is 0 Å². The summed E-state index contributed by atoms with van der Waals surface area (Å²) in [6, 6.07) is 15.1. The van der Waals surface area contributed by atoms with Crippen LogP contribution in [0.2, 0.25) is 0 Å². The van der Waals surface area contributed by atoms with Gasteiger partial charge in [-0.15, -0.1) is 0 Å². The highest BCUT2D eigenvalue weighted by Crippen LogP contribution is 2.35. The highest BCUT2D eigenvalue weighted by atomic mass is 127. The average molecular weight is 448 g/mol. The summed E-state index contributed by atoms with van der Waals surface area (Å²) >= 11 is 2.36. The lowest BCUT2D eigenvalue weighted by Crippen LogP contribution is -2.51. The summed E-state index contributed by atoms with van der Waals surface area (Å²) in [7, 11) is 0. The molecule has 1 fully saturated rings. The van der Waals surface area contributed by atoms with Crippen LogP contribution >= 0.6 is 22.6 Å². The minimum Gasteiger partial charge on any atom is -0.398 e. The third kappa shape index (κ3) is 3.44. The second-order valence-electron chi connectivity index (χ2n) is 7.36. The van der Waals surface area contributed by atoms with Gasteiger partial charge in [0.05, 0.1) is 6.10 Å². The van der Waals surface area contributed by atoms with Crippen molar-refractivity contribution in [1.82, 2.24) is 4.90 Å². The largest absolute Gasteiger partial charge is 0.398 e. The van der Waals surface area contributed by atoms with E-state index in [1.165, 1.54) is 33.1 Å². The molecular formula is C21H25IN2O. The summed E-state index contributed by atoms with van der Waals surface area (Å²) in [4.78, 5) is 2.49. The van der Waals surface area contributed by atoms with Crippen molar-refractivity contribution < 1.29 is 5.11 Å². The number of hydrogen-bond donors (Lipinski definition) is 2. The van der Waals surface area contributed by atoms with Crippen LogP contribution in [0.3, 0.4) is 0 Å². The maximum atomic E-state index is 10.8. The summed E-state index contributed by atoms with van der Waals surface area (Å²) < 4.78 is 1.22. The molecule has 2 atom stereocenters. The number of aliphatic hydroxyl groups excluding tert-OH is 1. The summed E-state index contributed by atoms with van der Waals surface area (Å²) in [5.41, 5.74) is 11.1. The van der Waals surface area contributed by atoms with Crippen LogP contribution in [0.25, 0.3) is 0 Å². The van der Waals surface area contributed by atoms with Gasteiger partial charge in [0.2, 0.25) is 0 Å². The van der Waals surface area contributed by atoms with Gasteiger partial charge in [0.1, 0.15) is 0 Å². The van der Waals surface area contributed by atoms with Crippen LogP contribution in [0.1, 0.15) is 35.4 Å². The smallest absolute Gasteiger partial charge is 0.0739 e. The number of hydrogen-bond acceptors (Lipinski definition) is 3. The van der Waals surface area contributed by atoms with Crippen LogP contribution in [-0.2, 0) is 12.8 Å². The number of nitrogens with zero attached hydrogens (tertiary/aromatic N) is 1. The zero-order valence-electron chi connectivity index (χ0n) is 14.4. The van der Waals surface area contributed by atoms with E-state index in [0.717, 1.165) is 31.6 Å². The first kappa shape index (κ1) is 17.3. The zero-order valence-corrected chi connectivity index (χ0v) is 16.5. The quantitative estimate of drug-likeness (QED) is 0.546. The van der Waals surface area contributed by atoms with Crippen molar-refractivity contribution in [2.24, 2.45) is 0 Å². The van der Waals surface area contributed by atoms with Gasteiger partial charge in [-0.25, -0.2) is 0 Å². The van der Waals surface area contributed by atoms with E-state index in [2.05, 4.69) is 63.9 Å². The van der Waals surface area contributed by atoms with Gasteiger partial charge in [-0.05, 0) is 89.7 Å². The molecule has 0 radical (unpaired) electrons. The molecule has 3 N–H and O–H groups in total. The predicted molar refractivity (Wildman–Crippen MR) is 111 cm³/mol. The minimum absolute atomic E-state index is 0.199. The van der Waals surface area contributed by atoms with Crippen LogP contribution in [-0.4, -0.2) is 35.2 Å². The summed E-state index contributed by atoms with van der Waals surface area (Å²) in [6.45, 7) is 2.11. The van der Waals surface area contributed by atoms with Crippen LogP contribution in [0.4, 0.5) is 5.69 Å². The van der Waals surface area contributed by atoms with E-state index in [4.69, 9.17) is 5.73 Å². The van der Waals surface area contributed by atoms with Gasteiger partial charge >= 0.3 is 0 Å². The molecule has 1 aliphatic carbocycles. The maximum absolute atomic E-state index is 10.8. The van der Waals surface area contributed by atoms with Crippen molar-refractivity contribution in [3.63, 3.8) is 0 Å². The molecule has 2 aromatic carbocycles. The van der Waals surface area contributed by atoms with E-state index in [9.17, 15) is 5.11 Å². The predicted octanol–water partition coefficient (Wildman–Crippen LogP) is 3.58. The lowest BCUT2D eigenvalue weighted by atomic mass is 9.82. The molecule has 132 valence electrons. The molecule has 0 amide bonds. The number of nitrogen functional groups attached to an aromatic ring is 1. The first-order valence-corrected chi connectivity index (χ1v) is 10.2. The number of likely N-dealkylation sites (tertiary alicyclic amines) is 1. The van der Waals surface area contributed by atoms with Crippen molar-refractivity contribution in [1.29, 1.82) is 0 Å². The monoisotopic (exact) mass is 448 g/mol. The highest BCUT2D eigenvalue weighted by Gasteiger charge is 2.35. The molecular weight excluding hydrogens is 423 g/mol. The first-order chi connectivity index (χ1) is 12.1. The molecule has 25 heavy (non-hydrogen) atoms. The van der Waals surface area contributed by atoms with Crippen LogP contribution < -0.4 is 5.73 Å². The summed E-state index contributed by atoms with van der Waals surface area (Å²) in [6.07, 6.45) is 3.64. The molecule has 0 spiro atoms. The molecule has 1 saturated heterocycles. The second kappa shape index (κ2) is 7.25. The number of benzene rings is 2. The Kier molecular flexibility index (Phi) is 5.02. The highest BCUT2D eigenvalue weighted by molar-refractivity contribution is 14.1. The minimum atomic E-state index is -0.295. The molecule has 2 aromatic rings. The standard InChI is InChI=1S/C21H25IN2O/c22-18-6-7-19(23)17-12-20(21(25)13-16(17)18)24-10-8-15(9-11-24)14-4-2-1-3-5-14/h1-7,15,20-21,25H,8-13,23H2/t20-,21-/m1/s1. The number of aliphatic hydroxyl groups is 1. The lowest BCUT2D eigenvalue weighted by molar-refractivity contribution is 0.0294. The molecule has 4 rings (SSSR count). The van der Waals surface area contributed by atoms with Crippen molar-refractivity contribution in [2.45, 2.75) is 43.7 Å². The number of fused-ring (bicyclic) bond motifs is 1. The molecule has 0 unspecified atom stereocenters. The number of anilines is 1. The Bertz CT molecular complexity index is 741. The topological polar surface area (TPSA) is 49.5 Å². The van der Waals surface area contributed by atoms with E-state index < -0.39 is 0 Å². The van der Waals surface area contributed by atoms with E-state index in [1.807, 2.05) is 6.07 Å². The number of halogens is 1. The Morgan fingerprint density at radius 2 is 1.68 bits per heavy atom. The third-order valence-corrected chi connectivity index (χ3v) is 6.96. The molecule has 1 aliphatic heterocycles. The fourth-order valence-corrected chi connectivity index (χ4v) is 5.22. The molecule has 0 bridgehead atoms. The normalized spacial score (nSPS) is 24.9. The molecule has 0 aromatic heterocycles. The van der Waals surface area contributed by atoms with Crippen molar-refractivity contribution in [3.8, 4) is 0 Å². The van der Waals surface area contributed by atoms with Crippen molar-refractivity contribution in [3.05, 3.63) is 62.7 Å². The van der Waals surface area contributed by atoms with Gasteiger partial charge in [-0.1, -0.05) is 30.3 Å². The lowest BCUT2D eigenvalue weighted by Gasteiger charge is -2.42. The first-order valence-electron chi connectivity index (χ1n) is 9.16. The van der Waals surface area contributed by atoms with Crippen molar-refractivity contribution >= 4 is 28.3 Å². The maximum Gasteiger partial charge on any atom is 0.0739 e. The fraction of sp³-hybridized carbons (Fsp3) is 0.429. The Hall–Kier alpha value is -1.11. The van der Waals surface area contributed by atoms with Crippen molar-refractivity contribution in [2.75, 3.05) is 18.8 Å². The van der Waals surface area contributed by atoms with Gasteiger partial charge in [-0.3, -0.25) is 4.90 Å². The third-order valence-electron chi connectivity index (χ3n) is 5.95. The SMILES string of the molecule is Nc1ccc(I)c2c1C[C@@H](N1CCC(c3ccccc3)CC1)[C@H](O)C2. The molecule has 1 heterocycles. The molecule has 0 saturated carbocycles. The molecule has 4 heteroatoms. The number of nitrogens with two attached hydrogens (primary N) is 1. The van der Waals surface area contributed by atoms with Gasteiger partial charge in [-0.2, -0.15) is 0 Å². The van der Waals surface area contributed by atoms with Gasteiger partial charge in [0.15, 0.2) is 0 Å². The van der Waals surface area contributed by atoms with Gasteiger partial charge in [0.25, 0.3) is 0 Å². The molecule has 2 aliphatic rings. The van der Waals surface area contributed by atoms with Crippen LogP contribution in [0, 0.1) is 3.57 Å². The zero-order chi connectivity index (χ0) is 17.4. The van der Waals surface area contributed by atoms with Gasteiger partial charge in [0, 0.05) is 21.7 Å². The summed E-state index contributed by atoms with van der Waals surface area (Å²) in [5, 5.41) is 10.8. The Balaban J connectivity index is 1.47. The Morgan fingerprint density at radius 1 is 0.960 bits per heavy atom. The van der Waals surface area contributed by atoms with E-state index in [0.29, 0.717) is 5.92 Å². The Labute approximate surface area is 163 Å². The van der Waals surface area contributed by atoms with Gasteiger partial charge < -0.3 is 10.8 Å². The second-order valence-corrected chi connectivity index (χ2v) is 8.52. The average Bonchev–Trinajstić information content (AvgIpc) is 2.65. The van der Waals surface area contributed by atoms with E-state index in [1.54, 1.807) is 0 Å². The fourth-order valence-electron chi connectivity index (χ4n) is 4.50. The van der Waals surface area contributed by atoms with Crippen LogP contribution in [0.5, 0.6) is 0 Å². The van der Waals surface area contributed by atoms with Crippen LogP contribution in [0.15, 0.2) is 42.5 Å². The number of rotatable bonds is 2.